The number of aliphatic carboxylic acids is 1. The van der Waals surface area contributed by atoms with E-state index in [1.165, 1.54) is 0 Å². The minimum Gasteiger partial charge on any atom is -0.480 e. The van der Waals surface area contributed by atoms with Crippen molar-refractivity contribution in [2.45, 2.75) is 19.1 Å². The summed E-state index contributed by atoms with van der Waals surface area (Å²) < 4.78 is 0. The molecule has 0 bridgehead atoms. The Hall–Kier alpha value is -1.43. The average molecular weight is 185 g/mol. The quantitative estimate of drug-likeness (QED) is 0.568. The van der Waals surface area contributed by atoms with E-state index in [2.05, 4.69) is 4.99 Å². The van der Waals surface area contributed by atoms with Crippen LogP contribution in [0.5, 0.6) is 0 Å². The number of nitrogens with two attached hydrogens (primary N) is 1. The highest BCUT2D eigenvalue weighted by Crippen LogP contribution is 2.10. The molecule has 0 fully saturated rings. The van der Waals surface area contributed by atoms with Gasteiger partial charge in [0.1, 0.15) is 12.7 Å². The summed E-state index contributed by atoms with van der Waals surface area (Å²) >= 11 is 0. The van der Waals surface area contributed by atoms with Crippen LogP contribution in [0.1, 0.15) is 6.92 Å². The molecule has 1 unspecified atom stereocenters. The first kappa shape index (κ1) is 9.66. The van der Waals surface area contributed by atoms with Crippen LogP contribution in [0.4, 0.5) is 0 Å². The maximum atomic E-state index is 11.1. The maximum Gasteiger partial charge on any atom is 0.323 e. The van der Waals surface area contributed by atoms with Gasteiger partial charge in [0, 0.05) is 6.04 Å². The highest BCUT2D eigenvalue weighted by atomic mass is 16.4. The molecular weight excluding hydrogens is 174 g/mol. The molecule has 1 heterocycles. The lowest BCUT2D eigenvalue weighted by Crippen LogP contribution is -2.46. The molecule has 0 saturated carbocycles. The van der Waals surface area contributed by atoms with Crippen LogP contribution in [0.2, 0.25) is 0 Å². The Kier molecular flexibility index (Phi) is 2.62. The van der Waals surface area contributed by atoms with Crippen LogP contribution in [-0.4, -0.2) is 46.8 Å². The molecule has 3 N–H and O–H groups in total. The van der Waals surface area contributed by atoms with Gasteiger partial charge in [0.05, 0.1) is 6.21 Å². The molecule has 0 spiro atoms. The summed E-state index contributed by atoms with van der Waals surface area (Å²) in [6.07, 6.45) is 0.570. The topological polar surface area (TPSA) is 96.0 Å². The summed E-state index contributed by atoms with van der Waals surface area (Å²) in [4.78, 5) is 26.4. The Morgan fingerprint density at radius 2 is 2.54 bits per heavy atom. The van der Waals surface area contributed by atoms with Gasteiger partial charge in [-0.05, 0) is 6.92 Å². The minimum absolute atomic E-state index is 0.356. The van der Waals surface area contributed by atoms with Crippen LogP contribution < -0.4 is 5.73 Å². The second-order valence-corrected chi connectivity index (χ2v) is 2.91. The highest BCUT2D eigenvalue weighted by Gasteiger charge is 2.31. The minimum atomic E-state index is -1.07. The zero-order valence-corrected chi connectivity index (χ0v) is 7.17. The average Bonchev–Trinajstić information content (AvgIpc) is 2.32. The van der Waals surface area contributed by atoms with Crippen molar-refractivity contribution in [1.82, 2.24) is 4.90 Å². The molecule has 0 aromatic rings. The number of rotatable bonds is 3. The third kappa shape index (κ3) is 2.03. The van der Waals surface area contributed by atoms with Crippen molar-refractivity contribution in [2.75, 3.05) is 6.54 Å². The van der Waals surface area contributed by atoms with Gasteiger partial charge in [-0.15, -0.1) is 0 Å². The van der Waals surface area contributed by atoms with E-state index in [0.717, 1.165) is 11.1 Å². The number of carboxylic acids is 1. The van der Waals surface area contributed by atoms with Crippen LogP contribution in [0.25, 0.3) is 0 Å². The zero-order valence-electron chi connectivity index (χ0n) is 7.17. The van der Waals surface area contributed by atoms with Gasteiger partial charge in [0.15, 0.2) is 0 Å². The molecule has 6 nitrogen and oxygen atoms in total. The fourth-order valence-corrected chi connectivity index (χ4v) is 1.16. The Labute approximate surface area is 75.0 Å². The number of hydrogen-bond acceptors (Lipinski definition) is 4. The number of amides is 1. The van der Waals surface area contributed by atoms with Crippen molar-refractivity contribution in [3.8, 4) is 0 Å². The molecule has 0 saturated heterocycles. The molecule has 6 heteroatoms. The van der Waals surface area contributed by atoms with E-state index in [9.17, 15) is 9.59 Å². The second kappa shape index (κ2) is 3.53. The van der Waals surface area contributed by atoms with E-state index in [0.29, 0.717) is 0 Å². The number of nitrogens with zero attached hydrogens (tertiary/aromatic N) is 2. The number of carbonyl (C=O) groups is 2. The summed E-state index contributed by atoms with van der Waals surface area (Å²) in [5.74, 6) is -1.46. The predicted octanol–water partition coefficient (Wildman–Crippen LogP) is -1.34. The van der Waals surface area contributed by atoms with Gasteiger partial charge in [0.25, 0.3) is 5.91 Å². The van der Waals surface area contributed by atoms with Crippen molar-refractivity contribution in [3.63, 3.8) is 0 Å². The van der Waals surface area contributed by atoms with E-state index in [4.69, 9.17) is 10.8 Å². The summed E-state index contributed by atoms with van der Waals surface area (Å²) in [5, 5.41) is 8.50. The number of aliphatic imine (C=N–C) groups is 1. The molecule has 1 amide bonds. The van der Waals surface area contributed by atoms with Crippen molar-refractivity contribution < 1.29 is 14.7 Å². The van der Waals surface area contributed by atoms with Crippen molar-refractivity contribution in [3.05, 3.63) is 0 Å². The summed E-state index contributed by atoms with van der Waals surface area (Å²) in [6, 6.07) is -0.359. The summed E-state index contributed by atoms with van der Waals surface area (Å²) in [7, 11) is 0. The van der Waals surface area contributed by atoms with E-state index in [1.54, 1.807) is 6.92 Å². The number of hydrogen-bond donors (Lipinski definition) is 2. The monoisotopic (exact) mass is 185 g/mol. The molecule has 1 rings (SSSR count). The summed E-state index contributed by atoms with van der Waals surface area (Å²) in [5.41, 5.74) is 5.53. The van der Waals surface area contributed by atoms with E-state index in [-0.39, 0.29) is 12.6 Å². The molecule has 0 aromatic carbocycles. The first-order chi connectivity index (χ1) is 6.02. The van der Waals surface area contributed by atoms with Crippen molar-refractivity contribution >= 4 is 18.1 Å². The van der Waals surface area contributed by atoms with Gasteiger partial charge in [-0.3, -0.25) is 14.6 Å². The van der Waals surface area contributed by atoms with Crippen molar-refractivity contribution in [2.24, 2.45) is 10.7 Å². The lowest BCUT2D eigenvalue weighted by molar-refractivity contribution is -0.142. The Morgan fingerprint density at radius 1 is 1.92 bits per heavy atom. The lowest BCUT2D eigenvalue weighted by Gasteiger charge is -2.23. The number of carbonyl (C=O) groups excluding carboxylic acids is 1. The van der Waals surface area contributed by atoms with Gasteiger partial charge in [-0.1, -0.05) is 0 Å². The standard InChI is InChI=1S/C7H11N3O3/c1-4(8)7-9-2-5(11)10(7)3-6(12)13/h2,4,7H,3,8H2,1H3,(H,12,13)/t4-,7?/m0/s1. The first-order valence-electron chi connectivity index (χ1n) is 3.83. The molecule has 72 valence electrons. The van der Waals surface area contributed by atoms with Crippen LogP contribution in [0, 0.1) is 0 Å². The van der Waals surface area contributed by atoms with E-state index >= 15 is 0 Å². The molecule has 1 aliphatic rings. The highest BCUT2D eigenvalue weighted by molar-refractivity contribution is 6.28. The fourth-order valence-electron chi connectivity index (χ4n) is 1.16. The smallest absolute Gasteiger partial charge is 0.323 e. The largest absolute Gasteiger partial charge is 0.480 e. The molecule has 2 atom stereocenters. The molecule has 0 aliphatic carbocycles. The zero-order chi connectivity index (χ0) is 10.0. The Bertz CT molecular complexity index is 262. The van der Waals surface area contributed by atoms with Crippen LogP contribution in [-0.2, 0) is 9.59 Å². The second-order valence-electron chi connectivity index (χ2n) is 2.91. The van der Waals surface area contributed by atoms with Crippen LogP contribution >= 0.6 is 0 Å². The normalized spacial score (nSPS) is 23.7. The number of carboxylic acid groups (broad SMARTS) is 1. The lowest BCUT2D eigenvalue weighted by atomic mass is 10.2. The van der Waals surface area contributed by atoms with Gasteiger partial charge >= 0.3 is 5.97 Å². The fraction of sp³-hybridized carbons (Fsp3) is 0.571. The third-order valence-corrected chi connectivity index (χ3v) is 1.72. The predicted molar refractivity (Wildman–Crippen MR) is 45.3 cm³/mol. The summed E-state index contributed by atoms with van der Waals surface area (Å²) in [6.45, 7) is 1.32. The molecule has 13 heavy (non-hydrogen) atoms. The van der Waals surface area contributed by atoms with Crippen LogP contribution in [0.15, 0.2) is 4.99 Å². The van der Waals surface area contributed by atoms with Gasteiger partial charge in [-0.25, -0.2) is 0 Å². The Morgan fingerprint density at radius 3 is 3.00 bits per heavy atom. The first-order valence-corrected chi connectivity index (χ1v) is 3.83. The van der Waals surface area contributed by atoms with Crippen LogP contribution in [0.3, 0.4) is 0 Å². The SMILES string of the molecule is C[C@H](N)C1N=CC(=O)N1CC(=O)O. The maximum absolute atomic E-state index is 11.1. The molecular formula is C7H11N3O3. The van der Waals surface area contributed by atoms with Crippen molar-refractivity contribution in [1.29, 1.82) is 0 Å². The molecule has 0 radical (unpaired) electrons. The van der Waals surface area contributed by atoms with E-state index < -0.39 is 18.0 Å². The molecule has 1 aliphatic heterocycles. The van der Waals surface area contributed by atoms with Gasteiger partial charge in [-0.2, -0.15) is 0 Å². The Balaban J connectivity index is 2.70. The third-order valence-electron chi connectivity index (χ3n) is 1.72. The van der Waals surface area contributed by atoms with E-state index in [1.807, 2.05) is 0 Å². The molecule has 0 aromatic heterocycles. The van der Waals surface area contributed by atoms with Gasteiger partial charge in [0.2, 0.25) is 0 Å². The van der Waals surface area contributed by atoms with Gasteiger partial charge < -0.3 is 15.7 Å².